The Balaban J connectivity index is 1.38. The molecule has 0 aliphatic heterocycles. The van der Waals surface area contributed by atoms with E-state index in [0.29, 0.717) is 11.6 Å². The Kier molecular flexibility index (Phi) is 8.10. The van der Waals surface area contributed by atoms with E-state index in [1.807, 2.05) is 42.5 Å². The van der Waals surface area contributed by atoms with E-state index in [1.54, 1.807) is 18.3 Å². The molecule has 1 aromatic heterocycles. The third kappa shape index (κ3) is 7.60. The van der Waals surface area contributed by atoms with Gasteiger partial charge in [-0.2, -0.15) is 0 Å². The predicted molar refractivity (Wildman–Crippen MR) is 134 cm³/mol. The Bertz CT molecular complexity index is 1230. The van der Waals surface area contributed by atoms with Gasteiger partial charge in [-0.15, -0.1) is 13.2 Å². The van der Waals surface area contributed by atoms with Crippen LogP contribution in [0.5, 0.6) is 5.75 Å². The minimum Gasteiger partial charge on any atom is -0.406 e. The molecule has 8 heteroatoms. The van der Waals surface area contributed by atoms with Crippen molar-refractivity contribution in [2.24, 2.45) is 0 Å². The van der Waals surface area contributed by atoms with Gasteiger partial charge in [0.15, 0.2) is 0 Å². The number of fused-ring (bicyclic) bond motifs is 1. The van der Waals surface area contributed by atoms with Gasteiger partial charge >= 0.3 is 6.36 Å². The van der Waals surface area contributed by atoms with Crippen LogP contribution in [0.4, 0.5) is 18.9 Å². The summed E-state index contributed by atoms with van der Waals surface area (Å²) >= 11 is 6.08. The third-order valence-electron chi connectivity index (χ3n) is 5.48. The van der Waals surface area contributed by atoms with Gasteiger partial charge in [0.25, 0.3) is 0 Å². The van der Waals surface area contributed by atoms with Crippen LogP contribution in [-0.4, -0.2) is 29.3 Å². The van der Waals surface area contributed by atoms with E-state index in [0.717, 1.165) is 48.2 Å². The van der Waals surface area contributed by atoms with E-state index in [1.165, 1.54) is 17.7 Å². The molecule has 0 amide bonds. The molecule has 0 bridgehead atoms. The maximum absolute atomic E-state index is 12.4. The predicted octanol–water partition coefficient (Wildman–Crippen LogP) is 7.29. The first-order chi connectivity index (χ1) is 16.9. The number of hydrogen-bond acceptors (Lipinski definition) is 4. The number of pyridine rings is 1. The van der Waals surface area contributed by atoms with Crippen molar-refractivity contribution in [1.82, 2.24) is 9.88 Å². The third-order valence-corrected chi connectivity index (χ3v) is 5.72. The molecule has 0 spiro atoms. The highest BCUT2D eigenvalue weighted by atomic mass is 35.5. The lowest BCUT2D eigenvalue weighted by atomic mass is 10.1. The Morgan fingerprint density at radius 2 is 1.60 bits per heavy atom. The molecule has 35 heavy (non-hydrogen) atoms. The summed E-state index contributed by atoms with van der Waals surface area (Å²) in [5.74, 6) is -0.217. The van der Waals surface area contributed by atoms with Crippen LogP contribution in [0, 0.1) is 0 Å². The summed E-state index contributed by atoms with van der Waals surface area (Å²) in [6, 6.07) is 23.8. The largest absolute Gasteiger partial charge is 0.573 e. The number of benzene rings is 3. The van der Waals surface area contributed by atoms with Gasteiger partial charge in [0.05, 0.1) is 5.52 Å². The fraction of sp³-hybridized carbons (Fsp3) is 0.222. The zero-order valence-electron chi connectivity index (χ0n) is 18.9. The molecule has 1 N–H and O–H groups in total. The van der Waals surface area contributed by atoms with E-state index in [2.05, 4.69) is 32.1 Å². The first-order valence-electron chi connectivity index (χ1n) is 11.2. The highest BCUT2D eigenvalue weighted by Crippen LogP contribution is 2.25. The van der Waals surface area contributed by atoms with E-state index in [4.69, 9.17) is 11.6 Å². The van der Waals surface area contributed by atoms with Crippen molar-refractivity contribution in [2.45, 2.75) is 25.9 Å². The number of nitrogens with zero attached hydrogens (tertiary/aromatic N) is 2. The first kappa shape index (κ1) is 24.8. The molecule has 4 aromatic rings. The van der Waals surface area contributed by atoms with Gasteiger partial charge in [-0.3, -0.25) is 9.88 Å². The number of hydrogen-bond donors (Lipinski definition) is 1. The lowest BCUT2D eigenvalue weighted by Crippen LogP contribution is -2.25. The number of anilines is 1. The van der Waals surface area contributed by atoms with Crippen LogP contribution >= 0.6 is 11.6 Å². The highest BCUT2D eigenvalue weighted by molar-refractivity contribution is 6.31. The topological polar surface area (TPSA) is 37.4 Å². The summed E-state index contributed by atoms with van der Waals surface area (Å²) in [5.41, 5.74) is 3.93. The highest BCUT2D eigenvalue weighted by Gasteiger charge is 2.30. The molecule has 3 aromatic carbocycles. The van der Waals surface area contributed by atoms with Crippen molar-refractivity contribution in [3.05, 3.63) is 101 Å². The maximum atomic E-state index is 12.4. The summed E-state index contributed by atoms with van der Waals surface area (Å²) in [7, 11) is 0. The number of alkyl halides is 3. The fourth-order valence-electron chi connectivity index (χ4n) is 3.91. The molecule has 0 atom stereocenters. The van der Waals surface area contributed by atoms with Crippen LogP contribution in [0.3, 0.4) is 0 Å². The monoisotopic (exact) mass is 499 g/mol. The number of halogens is 4. The molecule has 0 fully saturated rings. The molecule has 0 radical (unpaired) electrons. The van der Waals surface area contributed by atoms with Crippen molar-refractivity contribution >= 4 is 28.2 Å². The van der Waals surface area contributed by atoms with Crippen molar-refractivity contribution in [3.8, 4) is 5.75 Å². The van der Waals surface area contributed by atoms with Gasteiger partial charge in [0, 0.05) is 48.5 Å². The van der Waals surface area contributed by atoms with Crippen molar-refractivity contribution in [2.75, 3.05) is 18.4 Å². The second kappa shape index (κ2) is 11.4. The molecule has 4 rings (SSSR count). The Labute approximate surface area is 207 Å². The summed E-state index contributed by atoms with van der Waals surface area (Å²) < 4.78 is 41.3. The maximum Gasteiger partial charge on any atom is 0.573 e. The molecular weight excluding hydrogens is 475 g/mol. The summed E-state index contributed by atoms with van der Waals surface area (Å²) in [5, 5.41) is 5.15. The molecule has 0 aliphatic carbocycles. The second-order valence-corrected chi connectivity index (χ2v) is 8.62. The average Bonchev–Trinajstić information content (AvgIpc) is 2.82. The van der Waals surface area contributed by atoms with E-state index >= 15 is 0 Å². The lowest BCUT2D eigenvalue weighted by molar-refractivity contribution is -0.274. The summed E-state index contributed by atoms with van der Waals surface area (Å²) in [4.78, 5) is 6.65. The van der Waals surface area contributed by atoms with Gasteiger partial charge < -0.3 is 10.1 Å². The number of rotatable bonds is 10. The SMILES string of the molecule is FC(F)(F)Oc1ccc(CN(CCCNc2ccnc3cc(Cl)ccc23)Cc2ccccc2)cc1. The van der Waals surface area contributed by atoms with Gasteiger partial charge in [0.1, 0.15) is 5.75 Å². The summed E-state index contributed by atoms with van der Waals surface area (Å²) in [6.07, 6.45) is -2.06. The number of ether oxygens (including phenoxy) is 1. The molecule has 1 heterocycles. The molecule has 0 aliphatic rings. The van der Waals surface area contributed by atoms with Gasteiger partial charge in [0.2, 0.25) is 0 Å². The van der Waals surface area contributed by atoms with Crippen LogP contribution in [0.1, 0.15) is 17.5 Å². The Hall–Kier alpha value is -3.29. The molecule has 0 saturated heterocycles. The Morgan fingerprint density at radius 1 is 0.886 bits per heavy atom. The van der Waals surface area contributed by atoms with Crippen molar-refractivity contribution in [3.63, 3.8) is 0 Å². The first-order valence-corrected chi connectivity index (χ1v) is 11.6. The zero-order chi connectivity index (χ0) is 24.7. The molecule has 0 unspecified atom stereocenters. The molecule has 182 valence electrons. The van der Waals surface area contributed by atoms with E-state index in [-0.39, 0.29) is 5.75 Å². The van der Waals surface area contributed by atoms with Gasteiger partial charge in [-0.1, -0.05) is 54.1 Å². The van der Waals surface area contributed by atoms with Crippen LogP contribution < -0.4 is 10.1 Å². The number of nitrogens with one attached hydrogen (secondary N) is 1. The number of aromatic nitrogens is 1. The molecule has 0 saturated carbocycles. The van der Waals surface area contributed by atoms with Gasteiger partial charge in [-0.25, -0.2) is 0 Å². The zero-order valence-corrected chi connectivity index (χ0v) is 19.7. The normalized spacial score (nSPS) is 11.7. The van der Waals surface area contributed by atoms with E-state index in [9.17, 15) is 13.2 Å². The standard InChI is InChI=1S/C27H25ClF3N3O/c28-22-9-12-24-25(13-15-33-26(24)17-22)32-14-4-16-34(18-20-5-2-1-3-6-20)19-21-7-10-23(11-8-21)35-27(29,30)31/h1-3,5-13,15,17H,4,14,16,18-19H2,(H,32,33). The van der Waals surface area contributed by atoms with Crippen molar-refractivity contribution < 1.29 is 17.9 Å². The molecular formula is C27H25ClF3N3O. The minimum absolute atomic E-state index is 0.217. The minimum atomic E-state index is -4.69. The van der Waals surface area contributed by atoms with Crippen molar-refractivity contribution in [1.29, 1.82) is 0 Å². The summed E-state index contributed by atoms with van der Waals surface area (Å²) in [6.45, 7) is 2.90. The van der Waals surface area contributed by atoms with Crippen LogP contribution in [-0.2, 0) is 13.1 Å². The average molecular weight is 500 g/mol. The smallest absolute Gasteiger partial charge is 0.406 e. The van der Waals surface area contributed by atoms with E-state index < -0.39 is 6.36 Å². The van der Waals surface area contributed by atoms with Crippen LogP contribution in [0.2, 0.25) is 5.02 Å². The molecule has 4 nitrogen and oxygen atoms in total. The van der Waals surface area contributed by atoms with Crippen LogP contribution in [0.15, 0.2) is 85.1 Å². The van der Waals surface area contributed by atoms with Gasteiger partial charge in [-0.05, 0) is 53.9 Å². The van der Waals surface area contributed by atoms with Crippen LogP contribution in [0.25, 0.3) is 10.9 Å². The Morgan fingerprint density at radius 3 is 2.31 bits per heavy atom. The second-order valence-electron chi connectivity index (χ2n) is 8.19. The quantitative estimate of drug-likeness (QED) is 0.232. The lowest BCUT2D eigenvalue weighted by Gasteiger charge is -2.23. The fourth-order valence-corrected chi connectivity index (χ4v) is 4.08.